The third-order valence-electron chi connectivity index (χ3n) is 3.84. The summed E-state index contributed by atoms with van der Waals surface area (Å²) < 4.78 is 0.743. The van der Waals surface area contributed by atoms with Gasteiger partial charge in [-0.25, -0.2) is 0 Å². The Hall–Kier alpha value is -1.85. The van der Waals surface area contributed by atoms with Crippen LogP contribution in [-0.4, -0.2) is 11.0 Å². The van der Waals surface area contributed by atoms with Crippen LogP contribution in [0.2, 0.25) is 10.0 Å². The van der Waals surface area contributed by atoms with Crippen molar-refractivity contribution in [2.24, 2.45) is 0 Å². The zero-order valence-corrected chi connectivity index (χ0v) is 16.5. The molecule has 0 bridgehead atoms. The summed E-state index contributed by atoms with van der Waals surface area (Å²) in [7, 11) is 0. The number of amides is 1. The van der Waals surface area contributed by atoms with Gasteiger partial charge in [0.1, 0.15) is 6.10 Å². The summed E-state index contributed by atoms with van der Waals surface area (Å²) in [6.07, 6.45) is -0.928. The maximum atomic E-state index is 12.7. The fourth-order valence-electron chi connectivity index (χ4n) is 2.55. The summed E-state index contributed by atoms with van der Waals surface area (Å²) in [5.41, 5.74) is 2.00. The summed E-state index contributed by atoms with van der Waals surface area (Å²) in [6.45, 7) is 0. The molecular weight excluding hydrogens is 437 g/mol. The van der Waals surface area contributed by atoms with Crippen molar-refractivity contribution in [1.29, 1.82) is 0 Å². The molecule has 0 aliphatic heterocycles. The van der Waals surface area contributed by atoms with Crippen molar-refractivity contribution in [2.45, 2.75) is 6.10 Å². The van der Waals surface area contributed by atoms with Gasteiger partial charge in [0, 0.05) is 20.7 Å². The van der Waals surface area contributed by atoms with E-state index in [0.717, 1.165) is 4.47 Å². The highest BCUT2D eigenvalue weighted by molar-refractivity contribution is 9.10. The number of nitrogens with one attached hydrogen (secondary N) is 1. The molecule has 0 saturated heterocycles. The van der Waals surface area contributed by atoms with Crippen LogP contribution in [0.4, 0.5) is 5.69 Å². The minimum Gasteiger partial charge on any atom is -0.384 e. The standard InChI is InChI=1S/C20H14BrCl2NO2/c21-13-6-8-17(23)15(10-13)20(26)24-18-9-7-14(22)11-16(18)19(25)12-4-2-1-3-5-12/h1-11,19,25H,(H,24,26)/t19-/m0/s1. The number of rotatable bonds is 4. The van der Waals surface area contributed by atoms with Gasteiger partial charge in [-0.05, 0) is 42.0 Å². The second-order valence-corrected chi connectivity index (χ2v) is 7.38. The van der Waals surface area contributed by atoms with Crippen LogP contribution >= 0.6 is 39.1 Å². The average Bonchev–Trinajstić information content (AvgIpc) is 2.65. The Morgan fingerprint density at radius 3 is 2.46 bits per heavy atom. The third-order valence-corrected chi connectivity index (χ3v) is 4.90. The van der Waals surface area contributed by atoms with Crippen molar-refractivity contribution in [3.05, 3.63) is 97.9 Å². The molecule has 0 fully saturated rings. The Bertz CT molecular complexity index is 948. The predicted octanol–water partition coefficient (Wildman–Crippen LogP) is 6.09. The molecule has 26 heavy (non-hydrogen) atoms. The number of anilines is 1. The Kier molecular flexibility index (Phi) is 5.99. The molecule has 2 N–H and O–H groups in total. The van der Waals surface area contributed by atoms with Gasteiger partial charge in [0.05, 0.1) is 10.6 Å². The van der Waals surface area contributed by atoms with Gasteiger partial charge in [0.2, 0.25) is 0 Å². The van der Waals surface area contributed by atoms with Gasteiger partial charge in [0.15, 0.2) is 0 Å². The number of halogens is 3. The van der Waals surface area contributed by atoms with E-state index in [1.54, 1.807) is 36.4 Å². The molecule has 6 heteroatoms. The summed E-state index contributed by atoms with van der Waals surface area (Å²) in [6, 6.07) is 19.1. The SMILES string of the molecule is O=C(Nc1ccc(Cl)cc1[C@@H](O)c1ccccc1)c1cc(Br)ccc1Cl. The lowest BCUT2D eigenvalue weighted by molar-refractivity contribution is 0.102. The lowest BCUT2D eigenvalue weighted by atomic mass is 9.99. The Labute approximate surface area is 169 Å². The molecule has 3 aromatic rings. The Morgan fingerprint density at radius 2 is 1.73 bits per heavy atom. The van der Waals surface area contributed by atoms with Crippen LogP contribution in [0.1, 0.15) is 27.6 Å². The minimum atomic E-state index is -0.928. The van der Waals surface area contributed by atoms with E-state index >= 15 is 0 Å². The first kappa shape index (κ1) is 18.9. The highest BCUT2D eigenvalue weighted by Gasteiger charge is 2.18. The quantitative estimate of drug-likeness (QED) is 0.505. The first-order chi connectivity index (χ1) is 12.5. The lowest BCUT2D eigenvalue weighted by Crippen LogP contribution is -2.15. The highest BCUT2D eigenvalue weighted by atomic mass is 79.9. The van der Waals surface area contributed by atoms with Crippen LogP contribution < -0.4 is 5.32 Å². The van der Waals surface area contributed by atoms with E-state index in [1.807, 2.05) is 30.3 Å². The maximum absolute atomic E-state index is 12.7. The second-order valence-electron chi connectivity index (χ2n) is 5.62. The fraction of sp³-hybridized carbons (Fsp3) is 0.0500. The minimum absolute atomic E-state index is 0.330. The number of benzene rings is 3. The van der Waals surface area contributed by atoms with Crippen LogP contribution in [0.5, 0.6) is 0 Å². The van der Waals surface area contributed by atoms with E-state index in [1.165, 1.54) is 0 Å². The third kappa shape index (κ3) is 4.27. The van der Waals surface area contributed by atoms with Crippen molar-refractivity contribution in [3.63, 3.8) is 0 Å². The topological polar surface area (TPSA) is 49.3 Å². The van der Waals surface area contributed by atoms with Crippen molar-refractivity contribution in [1.82, 2.24) is 0 Å². The van der Waals surface area contributed by atoms with Gasteiger partial charge < -0.3 is 10.4 Å². The van der Waals surface area contributed by atoms with Gasteiger partial charge in [-0.1, -0.05) is 69.5 Å². The smallest absolute Gasteiger partial charge is 0.257 e. The molecule has 0 spiro atoms. The average molecular weight is 451 g/mol. The molecule has 0 saturated carbocycles. The highest BCUT2D eigenvalue weighted by Crippen LogP contribution is 2.32. The zero-order valence-electron chi connectivity index (χ0n) is 13.4. The Morgan fingerprint density at radius 1 is 1.00 bits per heavy atom. The summed E-state index contributed by atoms with van der Waals surface area (Å²) >= 11 is 15.6. The number of aliphatic hydroxyl groups is 1. The van der Waals surface area contributed by atoms with E-state index in [2.05, 4.69) is 21.2 Å². The van der Waals surface area contributed by atoms with Crippen LogP contribution in [-0.2, 0) is 0 Å². The molecule has 3 rings (SSSR count). The van der Waals surface area contributed by atoms with Crippen LogP contribution in [0.3, 0.4) is 0 Å². The molecule has 0 aromatic heterocycles. The molecule has 3 nitrogen and oxygen atoms in total. The first-order valence-electron chi connectivity index (χ1n) is 7.74. The van der Waals surface area contributed by atoms with E-state index in [-0.39, 0.29) is 5.91 Å². The van der Waals surface area contributed by atoms with E-state index < -0.39 is 6.10 Å². The molecule has 0 unspecified atom stereocenters. The zero-order chi connectivity index (χ0) is 18.7. The predicted molar refractivity (Wildman–Crippen MR) is 109 cm³/mol. The summed E-state index contributed by atoms with van der Waals surface area (Å²) in [4.78, 5) is 12.7. The van der Waals surface area contributed by atoms with Gasteiger partial charge in [-0.15, -0.1) is 0 Å². The summed E-state index contributed by atoms with van der Waals surface area (Å²) in [5, 5.41) is 14.3. The maximum Gasteiger partial charge on any atom is 0.257 e. The molecule has 0 heterocycles. The van der Waals surface area contributed by atoms with Gasteiger partial charge in [-0.2, -0.15) is 0 Å². The molecule has 0 aliphatic carbocycles. The van der Waals surface area contributed by atoms with Crippen molar-refractivity contribution in [3.8, 4) is 0 Å². The van der Waals surface area contributed by atoms with Gasteiger partial charge >= 0.3 is 0 Å². The lowest BCUT2D eigenvalue weighted by Gasteiger charge is -2.17. The molecule has 0 radical (unpaired) electrons. The largest absolute Gasteiger partial charge is 0.384 e. The van der Waals surface area contributed by atoms with E-state index in [0.29, 0.717) is 32.4 Å². The van der Waals surface area contributed by atoms with E-state index in [9.17, 15) is 9.90 Å². The number of hydrogen-bond donors (Lipinski definition) is 2. The Balaban J connectivity index is 1.96. The number of carbonyl (C=O) groups excluding carboxylic acids is 1. The van der Waals surface area contributed by atoms with Gasteiger partial charge in [0.25, 0.3) is 5.91 Å². The monoisotopic (exact) mass is 449 g/mol. The number of aliphatic hydroxyl groups excluding tert-OH is 1. The van der Waals surface area contributed by atoms with Crippen molar-refractivity contribution >= 4 is 50.7 Å². The van der Waals surface area contributed by atoms with E-state index in [4.69, 9.17) is 23.2 Å². The van der Waals surface area contributed by atoms with Gasteiger partial charge in [-0.3, -0.25) is 4.79 Å². The first-order valence-corrected chi connectivity index (χ1v) is 9.29. The molecule has 132 valence electrons. The molecular formula is C20H14BrCl2NO2. The number of hydrogen-bond acceptors (Lipinski definition) is 2. The summed E-state index contributed by atoms with van der Waals surface area (Å²) in [5.74, 6) is -0.375. The molecule has 1 amide bonds. The molecule has 3 aromatic carbocycles. The molecule has 0 aliphatic rings. The normalized spacial score (nSPS) is 11.8. The fourth-order valence-corrected chi connectivity index (χ4v) is 3.29. The van der Waals surface area contributed by atoms with Crippen LogP contribution in [0.15, 0.2) is 71.2 Å². The number of carbonyl (C=O) groups is 1. The molecule has 1 atom stereocenters. The van der Waals surface area contributed by atoms with Crippen molar-refractivity contribution in [2.75, 3.05) is 5.32 Å². The van der Waals surface area contributed by atoms with Crippen LogP contribution in [0.25, 0.3) is 0 Å². The van der Waals surface area contributed by atoms with Crippen LogP contribution in [0, 0.1) is 0 Å². The van der Waals surface area contributed by atoms with Crippen molar-refractivity contribution < 1.29 is 9.90 Å². The second kappa shape index (κ2) is 8.23.